The summed E-state index contributed by atoms with van der Waals surface area (Å²) in [4.78, 5) is 0. The molecule has 2 nitrogen and oxygen atoms in total. The van der Waals surface area contributed by atoms with Crippen molar-refractivity contribution in [2.75, 3.05) is 20.3 Å². The Balaban J connectivity index is 3.28. The lowest BCUT2D eigenvalue weighted by Crippen LogP contribution is -2.15. The average Bonchev–Trinajstić information content (AvgIpc) is 2.22. The first-order chi connectivity index (χ1) is 6.85. The number of hydrogen-bond donors (Lipinski definition) is 0. The summed E-state index contributed by atoms with van der Waals surface area (Å²) in [6, 6.07) is 0. The Bertz CT molecular complexity index is 104. The van der Waals surface area contributed by atoms with Gasteiger partial charge in [0.05, 0.1) is 19.3 Å². The molecule has 14 heavy (non-hydrogen) atoms. The van der Waals surface area contributed by atoms with Gasteiger partial charge < -0.3 is 9.47 Å². The normalized spacial score (nSPS) is 13.1. The number of methoxy groups -OCH3 is 1. The topological polar surface area (TPSA) is 18.5 Å². The second-order valence-corrected chi connectivity index (χ2v) is 3.62. The number of rotatable bonds is 10. The first kappa shape index (κ1) is 13.9. The van der Waals surface area contributed by atoms with Gasteiger partial charge in [-0.1, -0.05) is 39.5 Å². The van der Waals surface area contributed by atoms with E-state index in [4.69, 9.17) is 9.47 Å². The minimum absolute atomic E-state index is 0.335. The molecule has 0 N–H and O–H groups in total. The third-order valence-corrected chi connectivity index (χ3v) is 2.34. The van der Waals surface area contributed by atoms with Gasteiger partial charge in [-0.3, -0.25) is 0 Å². The predicted octanol–water partition coefficient (Wildman–Crippen LogP) is 3.21. The molecule has 0 aromatic carbocycles. The van der Waals surface area contributed by atoms with E-state index in [1.807, 2.05) is 0 Å². The highest BCUT2D eigenvalue weighted by atomic mass is 16.5. The lowest BCUT2D eigenvalue weighted by molar-refractivity contribution is 0.0133. The average molecular weight is 201 g/mol. The fourth-order valence-corrected chi connectivity index (χ4v) is 1.41. The first-order valence-electron chi connectivity index (χ1n) is 5.74. The lowest BCUT2D eigenvalue weighted by Gasteiger charge is -2.15. The second kappa shape index (κ2) is 11.0. The fourth-order valence-electron chi connectivity index (χ4n) is 1.41. The molecule has 1 radical (unpaired) electrons. The van der Waals surface area contributed by atoms with E-state index in [1.54, 1.807) is 7.11 Å². The van der Waals surface area contributed by atoms with Gasteiger partial charge in [0.25, 0.3) is 0 Å². The quantitative estimate of drug-likeness (QED) is 0.505. The predicted molar refractivity (Wildman–Crippen MR) is 60.3 cm³/mol. The molecular weight excluding hydrogens is 176 g/mol. The van der Waals surface area contributed by atoms with Gasteiger partial charge in [-0.25, -0.2) is 0 Å². The van der Waals surface area contributed by atoms with Crippen molar-refractivity contribution >= 4 is 0 Å². The molecule has 0 aromatic heterocycles. The van der Waals surface area contributed by atoms with Crippen molar-refractivity contribution in [3.63, 3.8) is 0 Å². The zero-order valence-electron chi connectivity index (χ0n) is 9.76. The van der Waals surface area contributed by atoms with E-state index < -0.39 is 0 Å². The highest BCUT2D eigenvalue weighted by Crippen LogP contribution is 2.10. The van der Waals surface area contributed by atoms with Crippen LogP contribution in [0, 0.1) is 6.92 Å². The molecule has 0 rings (SSSR count). The summed E-state index contributed by atoms with van der Waals surface area (Å²) in [7, 11) is 1.70. The SMILES string of the molecule is [CH2]CC(CCCCCC)OCCOC. The molecule has 0 aliphatic heterocycles. The van der Waals surface area contributed by atoms with Gasteiger partial charge in [-0.05, 0) is 12.8 Å². The maximum atomic E-state index is 5.62. The molecule has 1 atom stereocenters. The summed E-state index contributed by atoms with van der Waals surface area (Å²) in [5.41, 5.74) is 0. The molecule has 0 heterocycles. The second-order valence-electron chi connectivity index (χ2n) is 3.62. The van der Waals surface area contributed by atoms with Gasteiger partial charge >= 0.3 is 0 Å². The van der Waals surface area contributed by atoms with Crippen molar-refractivity contribution in [3.8, 4) is 0 Å². The van der Waals surface area contributed by atoms with Gasteiger partial charge in [-0.15, -0.1) is 0 Å². The van der Waals surface area contributed by atoms with Gasteiger partial charge in [0.1, 0.15) is 0 Å². The van der Waals surface area contributed by atoms with Crippen molar-refractivity contribution < 1.29 is 9.47 Å². The maximum Gasteiger partial charge on any atom is 0.0704 e. The molecule has 0 aliphatic carbocycles. The Kier molecular flexibility index (Phi) is 10.9. The molecule has 85 valence electrons. The van der Waals surface area contributed by atoms with Crippen LogP contribution in [-0.4, -0.2) is 26.4 Å². The van der Waals surface area contributed by atoms with E-state index in [9.17, 15) is 0 Å². The molecule has 2 heteroatoms. The van der Waals surface area contributed by atoms with Crippen molar-refractivity contribution in [3.05, 3.63) is 6.92 Å². The zero-order chi connectivity index (χ0) is 10.6. The summed E-state index contributed by atoms with van der Waals surface area (Å²) in [6.45, 7) is 7.51. The van der Waals surface area contributed by atoms with Gasteiger partial charge in [0.2, 0.25) is 0 Å². The van der Waals surface area contributed by atoms with E-state index in [0.717, 1.165) is 12.8 Å². The van der Waals surface area contributed by atoms with Crippen molar-refractivity contribution in [1.29, 1.82) is 0 Å². The van der Waals surface area contributed by atoms with Crippen molar-refractivity contribution in [2.24, 2.45) is 0 Å². The van der Waals surface area contributed by atoms with Crippen LogP contribution >= 0.6 is 0 Å². The van der Waals surface area contributed by atoms with Crippen molar-refractivity contribution in [2.45, 2.75) is 51.6 Å². The third-order valence-electron chi connectivity index (χ3n) is 2.34. The molecule has 0 saturated carbocycles. The monoisotopic (exact) mass is 201 g/mol. The Hall–Kier alpha value is -0.0800. The van der Waals surface area contributed by atoms with Crippen LogP contribution in [0.5, 0.6) is 0 Å². The van der Waals surface area contributed by atoms with E-state index in [2.05, 4.69) is 13.8 Å². The van der Waals surface area contributed by atoms with E-state index in [-0.39, 0.29) is 0 Å². The van der Waals surface area contributed by atoms with Gasteiger partial charge in [0, 0.05) is 7.11 Å². The van der Waals surface area contributed by atoms with Crippen LogP contribution in [-0.2, 0) is 9.47 Å². The Morgan fingerprint density at radius 1 is 1.14 bits per heavy atom. The molecular formula is C12H25O2. The summed E-state index contributed by atoms with van der Waals surface area (Å²) in [5.74, 6) is 0. The largest absolute Gasteiger partial charge is 0.382 e. The number of hydrogen-bond acceptors (Lipinski definition) is 2. The summed E-state index contributed by atoms with van der Waals surface area (Å²) in [5, 5.41) is 0. The maximum absolute atomic E-state index is 5.62. The Labute approximate surface area is 89.0 Å². The third kappa shape index (κ3) is 8.52. The molecule has 0 aliphatic rings. The fraction of sp³-hybridized carbons (Fsp3) is 0.917. The standard InChI is InChI=1S/C12H25O2/c1-4-6-7-8-9-12(5-2)14-11-10-13-3/h12H,2,4-11H2,1,3H3. The highest BCUT2D eigenvalue weighted by Gasteiger charge is 2.05. The zero-order valence-corrected chi connectivity index (χ0v) is 9.76. The van der Waals surface area contributed by atoms with Gasteiger partial charge in [-0.2, -0.15) is 0 Å². The smallest absolute Gasteiger partial charge is 0.0704 e. The highest BCUT2D eigenvalue weighted by molar-refractivity contribution is 4.60. The molecule has 0 spiro atoms. The van der Waals surface area contributed by atoms with Crippen LogP contribution in [0.25, 0.3) is 0 Å². The van der Waals surface area contributed by atoms with Crippen LogP contribution in [0.4, 0.5) is 0 Å². The molecule has 0 fully saturated rings. The van der Waals surface area contributed by atoms with Crippen molar-refractivity contribution in [1.82, 2.24) is 0 Å². The van der Waals surface area contributed by atoms with E-state index >= 15 is 0 Å². The minimum Gasteiger partial charge on any atom is -0.382 e. The molecule has 1 unspecified atom stereocenters. The molecule has 0 saturated heterocycles. The first-order valence-corrected chi connectivity index (χ1v) is 5.74. The summed E-state index contributed by atoms with van der Waals surface area (Å²) >= 11 is 0. The van der Waals surface area contributed by atoms with E-state index in [0.29, 0.717) is 19.3 Å². The van der Waals surface area contributed by atoms with Crippen LogP contribution in [0.2, 0.25) is 0 Å². The number of unbranched alkanes of at least 4 members (excludes halogenated alkanes) is 3. The Morgan fingerprint density at radius 3 is 2.50 bits per heavy atom. The minimum atomic E-state index is 0.335. The van der Waals surface area contributed by atoms with Crippen LogP contribution in [0.1, 0.15) is 45.4 Å². The number of ether oxygens (including phenoxy) is 2. The Morgan fingerprint density at radius 2 is 1.93 bits per heavy atom. The van der Waals surface area contributed by atoms with E-state index in [1.165, 1.54) is 25.7 Å². The lowest BCUT2D eigenvalue weighted by atomic mass is 10.1. The van der Waals surface area contributed by atoms with Crippen LogP contribution < -0.4 is 0 Å². The molecule has 0 bridgehead atoms. The summed E-state index contributed by atoms with van der Waals surface area (Å²) < 4.78 is 10.6. The van der Waals surface area contributed by atoms with Crippen LogP contribution in [0.15, 0.2) is 0 Å². The summed E-state index contributed by atoms with van der Waals surface area (Å²) in [6.07, 6.45) is 7.56. The van der Waals surface area contributed by atoms with Crippen LogP contribution in [0.3, 0.4) is 0 Å². The van der Waals surface area contributed by atoms with Gasteiger partial charge in [0.15, 0.2) is 0 Å². The molecule has 0 amide bonds. The molecule has 0 aromatic rings.